The molecule has 0 spiro atoms. The maximum Gasteiger partial charge on any atom is 0.0518 e. The van der Waals surface area contributed by atoms with Crippen LogP contribution in [0.5, 0.6) is 0 Å². The van der Waals surface area contributed by atoms with Gasteiger partial charge >= 0.3 is 0 Å². The summed E-state index contributed by atoms with van der Waals surface area (Å²) < 4.78 is 1.15. The highest BCUT2D eigenvalue weighted by Gasteiger charge is 2.22. The first-order valence-corrected chi connectivity index (χ1v) is 7.39. The lowest BCUT2D eigenvalue weighted by Gasteiger charge is -2.36. The van der Waals surface area contributed by atoms with Crippen molar-refractivity contribution >= 4 is 33.4 Å². The predicted octanol–water partition coefficient (Wildman–Crippen LogP) is 3.10. The fourth-order valence-corrected chi connectivity index (χ4v) is 3.42. The Hall–Kier alpha value is -0.190. The molecule has 1 aliphatic heterocycles. The molecule has 0 amide bonds. The third kappa shape index (κ3) is 2.55. The van der Waals surface area contributed by atoms with Gasteiger partial charge in [0.25, 0.3) is 0 Å². The molecule has 1 unspecified atom stereocenters. The SMILES string of the molecule is CC1CSc2ccc(Br)cc2N1CCCN. The molecule has 1 aromatic rings. The van der Waals surface area contributed by atoms with Crippen LogP contribution in [0, 0.1) is 0 Å². The Kier molecular flexibility index (Phi) is 4.16. The highest BCUT2D eigenvalue weighted by molar-refractivity contribution is 9.10. The third-order valence-corrected chi connectivity index (χ3v) is 4.64. The van der Waals surface area contributed by atoms with E-state index in [-0.39, 0.29) is 0 Å². The highest BCUT2D eigenvalue weighted by Crippen LogP contribution is 2.38. The van der Waals surface area contributed by atoms with E-state index in [4.69, 9.17) is 5.73 Å². The second-order valence-electron chi connectivity index (χ2n) is 4.11. The van der Waals surface area contributed by atoms with E-state index in [0.717, 1.165) is 24.0 Å². The van der Waals surface area contributed by atoms with E-state index in [9.17, 15) is 0 Å². The predicted molar refractivity (Wildman–Crippen MR) is 75.3 cm³/mol. The van der Waals surface area contributed by atoms with Gasteiger partial charge in [-0.15, -0.1) is 11.8 Å². The summed E-state index contributed by atoms with van der Waals surface area (Å²) in [5.41, 5.74) is 6.95. The minimum absolute atomic E-state index is 0.596. The molecular formula is C12H17BrN2S. The molecule has 16 heavy (non-hydrogen) atoms. The fourth-order valence-electron chi connectivity index (χ4n) is 1.98. The van der Waals surface area contributed by atoms with Crippen molar-refractivity contribution in [2.75, 3.05) is 23.7 Å². The summed E-state index contributed by atoms with van der Waals surface area (Å²) in [4.78, 5) is 3.86. The molecule has 0 saturated heterocycles. The van der Waals surface area contributed by atoms with Crippen molar-refractivity contribution in [1.82, 2.24) is 0 Å². The van der Waals surface area contributed by atoms with Crippen LogP contribution < -0.4 is 10.6 Å². The number of anilines is 1. The largest absolute Gasteiger partial charge is 0.367 e. The summed E-state index contributed by atoms with van der Waals surface area (Å²) in [6, 6.07) is 7.13. The van der Waals surface area contributed by atoms with Crippen molar-refractivity contribution in [3.05, 3.63) is 22.7 Å². The smallest absolute Gasteiger partial charge is 0.0518 e. The Balaban J connectivity index is 2.27. The van der Waals surface area contributed by atoms with Crippen LogP contribution in [0.4, 0.5) is 5.69 Å². The van der Waals surface area contributed by atoms with Crippen LogP contribution in [0.15, 0.2) is 27.6 Å². The summed E-state index contributed by atoms with van der Waals surface area (Å²) in [5.74, 6) is 1.17. The van der Waals surface area contributed by atoms with Crippen molar-refractivity contribution in [3.63, 3.8) is 0 Å². The lowest BCUT2D eigenvalue weighted by molar-refractivity contribution is 0.651. The van der Waals surface area contributed by atoms with E-state index in [1.165, 1.54) is 16.3 Å². The second-order valence-corrected chi connectivity index (χ2v) is 6.09. The molecule has 0 aliphatic carbocycles. The molecule has 1 atom stereocenters. The van der Waals surface area contributed by atoms with Gasteiger partial charge < -0.3 is 10.6 Å². The van der Waals surface area contributed by atoms with Crippen LogP contribution >= 0.6 is 27.7 Å². The zero-order valence-electron chi connectivity index (χ0n) is 9.45. The molecule has 1 heterocycles. The summed E-state index contributed by atoms with van der Waals surface area (Å²) in [7, 11) is 0. The Bertz CT molecular complexity index is 370. The zero-order valence-corrected chi connectivity index (χ0v) is 11.9. The average molecular weight is 301 g/mol. The number of benzene rings is 1. The normalized spacial score (nSPS) is 19.7. The molecule has 0 fully saturated rings. The van der Waals surface area contributed by atoms with Crippen molar-refractivity contribution in [1.29, 1.82) is 0 Å². The molecule has 1 aromatic carbocycles. The van der Waals surface area contributed by atoms with Gasteiger partial charge in [-0.3, -0.25) is 0 Å². The molecule has 0 saturated carbocycles. The number of nitrogens with two attached hydrogens (primary N) is 1. The highest BCUT2D eigenvalue weighted by atomic mass is 79.9. The third-order valence-electron chi connectivity index (χ3n) is 2.85. The number of fused-ring (bicyclic) bond motifs is 1. The maximum absolute atomic E-state index is 5.60. The van der Waals surface area contributed by atoms with E-state index in [0.29, 0.717) is 6.04 Å². The second kappa shape index (κ2) is 5.43. The average Bonchev–Trinajstić information content (AvgIpc) is 2.28. The van der Waals surface area contributed by atoms with Gasteiger partial charge in [0.1, 0.15) is 0 Å². The number of halogens is 1. The quantitative estimate of drug-likeness (QED) is 0.930. The maximum atomic E-state index is 5.60. The molecule has 1 aliphatic rings. The minimum Gasteiger partial charge on any atom is -0.367 e. The van der Waals surface area contributed by atoms with Gasteiger partial charge in [0.15, 0.2) is 0 Å². The molecule has 2 rings (SSSR count). The van der Waals surface area contributed by atoms with Crippen molar-refractivity contribution in [2.45, 2.75) is 24.3 Å². The number of thioether (sulfide) groups is 1. The van der Waals surface area contributed by atoms with Crippen LogP contribution in [0.1, 0.15) is 13.3 Å². The van der Waals surface area contributed by atoms with Gasteiger partial charge in [-0.1, -0.05) is 15.9 Å². The zero-order chi connectivity index (χ0) is 11.5. The molecular weight excluding hydrogens is 284 g/mol. The molecule has 2 N–H and O–H groups in total. The van der Waals surface area contributed by atoms with Gasteiger partial charge in [0, 0.05) is 27.7 Å². The molecule has 0 bridgehead atoms. The summed E-state index contributed by atoms with van der Waals surface area (Å²) in [6.45, 7) is 4.11. The summed E-state index contributed by atoms with van der Waals surface area (Å²) in [6.07, 6.45) is 1.06. The molecule has 2 nitrogen and oxygen atoms in total. The topological polar surface area (TPSA) is 29.3 Å². The van der Waals surface area contributed by atoms with Crippen LogP contribution in [-0.2, 0) is 0 Å². The van der Waals surface area contributed by atoms with Crippen LogP contribution in [0.2, 0.25) is 0 Å². The van der Waals surface area contributed by atoms with Gasteiger partial charge in [-0.25, -0.2) is 0 Å². The van der Waals surface area contributed by atoms with Crippen molar-refractivity contribution in [2.24, 2.45) is 5.73 Å². The van der Waals surface area contributed by atoms with Crippen molar-refractivity contribution < 1.29 is 0 Å². The summed E-state index contributed by atoms with van der Waals surface area (Å²) in [5, 5.41) is 0. The number of nitrogens with zero attached hydrogens (tertiary/aromatic N) is 1. The summed E-state index contributed by atoms with van der Waals surface area (Å²) >= 11 is 5.49. The van der Waals surface area contributed by atoms with Crippen LogP contribution in [0.25, 0.3) is 0 Å². The molecule has 0 aromatic heterocycles. The van der Waals surface area contributed by atoms with E-state index in [1.807, 2.05) is 11.8 Å². The Morgan fingerprint density at radius 2 is 2.38 bits per heavy atom. The lowest BCUT2D eigenvalue weighted by atomic mass is 10.2. The van der Waals surface area contributed by atoms with E-state index in [2.05, 4.69) is 46.0 Å². The lowest BCUT2D eigenvalue weighted by Crippen LogP contribution is -2.39. The number of hydrogen-bond acceptors (Lipinski definition) is 3. The number of rotatable bonds is 3. The first-order chi connectivity index (χ1) is 7.72. The Labute approximate surface area is 110 Å². The van der Waals surface area contributed by atoms with E-state index < -0.39 is 0 Å². The molecule has 0 radical (unpaired) electrons. The van der Waals surface area contributed by atoms with Gasteiger partial charge in [0.05, 0.1) is 5.69 Å². The van der Waals surface area contributed by atoms with E-state index >= 15 is 0 Å². The molecule has 88 valence electrons. The van der Waals surface area contributed by atoms with Gasteiger partial charge in [-0.2, -0.15) is 0 Å². The van der Waals surface area contributed by atoms with Gasteiger partial charge in [-0.05, 0) is 38.1 Å². The fraction of sp³-hybridized carbons (Fsp3) is 0.500. The van der Waals surface area contributed by atoms with E-state index in [1.54, 1.807) is 0 Å². The first kappa shape index (κ1) is 12.3. The minimum atomic E-state index is 0.596. The van der Waals surface area contributed by atoms with Crippen LogP contribution in [0.3, 0.4) is 0 Å². The molecule has 4 heteroatoms. The first-order valence-electron chi connectivity index (χ1n) is 5.61. The monoisotopic (exact) mass is 300 g/mol. The Morgan fingerprint density at radius 3 is 3.12 bits per heavy atom. The Morgan fingerprint density at radius 1 is 1.56 bits per heavy atom. The number of hydrogen-bond donors (Lipinski definition) is 1. The van der Waals surface area contributed by atoms with Crippen molar-refractivity contribution in [3.8, 4) is 0 Å². The van der Waals surface area contributed by atoms with Gasteiger partial charge in [0.2, 0.25) is 0 Å². The standard InChI is InChI=1S/C12H17BrN2S/c1-9-8-16-12-4-3-10(13)7-11(12)15(9)6-2-5-14/h3-4,7,9H,2,5-6,8,14H2,1H3. The van der Waals surface area contributed by atoms with Crippen LogP contribution in [-0.4, -0.2) is 24.9 Å².